The second-order valence-electron chi connectivity index (χ2n) is 9.48. The lowest BCUT2D eigenvalue weighted by Crippen LogP contribution is -2.25. The Balaban J connectivity index is 2.55. The number of rotatable bonds is 4. The standard InChI is InChI=1S/C25H34O2/c1-9-19(18-13-11-10-12-14-18)23(26)27-22-20(24(3,4)5)15-17(2)16-21(22)25(6,7)8/h10-16,19H,9H2,1-8H3. The predicted molar refractivity (Wildman–Crippen MR) is 114 cm³/mol. The van der Waals surface area contributed by atoms with Gasteiger partial charge in [0.1, 0.15) is 5.75 Å². The molecule has 0 aromatic heterocycles. The van der Waals surface area contributed by atoms with E-state index in [0.717, 1.165) is 22.4 Å². The molecule has 0 heterocycles. The van der Waals surface area contributed by atoms with Crippen LogP contribution in [0.3, 0.4) is 0 Å². The maximum atomic E-state index is 13.2. The largest absolute Gasteiger partial charge is 0.425 e. The van der Waals surface area contributed by atoms with Gasteiger partial charge in [-0.05, 0) is 29.7 Å². The van der Waals surface area contributed by atoms with Crippen molar-refractivity contribution in [3.63, 3.8) is 0 Å². The highest BCUT2D eigenvalue weighted by molar-refractivity contribution is 5.81. The average Bonchev–Trinajstić information content (AvgIpc) is 2.56. The Labute approximate surface area is 165 Å². The zero-order valence-electron chi connectivity index (χ0n) is 18.1. The molecule has 1 atom stereocenters. The molecule has 0 saturated heterocycles. The molecule has 0 aliphatic rings. The summed E-state index contributed by atoms with van der Waals surface area (Å²) in [5.41, 5.74) is 4.14. The Morgan fingerprint density at radius 1 is 0.926 bits per heavy atom. The molecule has 2 aromatic rings. The fraction of sp³-hybridized carbons (Fsp3) is 0.480. The normalized spacial score (nSPS) is 13.3. The molecule has 2 nitrogen and oxygen atoms in total. The van der Waals surface area contributed by atoms with Crippen molar-refractivity contribution >= 4 is 5.97 Å². The fourth-order valence-corrected chi connectivity index (χ4v) is 3.39. The summed E-state index contributed by atoms with van der Waals surface area (Å²) in [6.45, 7) is 17.1. The Morgan fingerprint density at radius 3 is 1.81 bits per heavy atom. The summed E-state index contributed by atoms with van der Waals surface area (Å²) in [4.78, 5) is 13.2. The quantitative estimate of drug-likeness (QED) is 0.445. The minimum atomic E-state index is -0.256. The van der Waals surface area contributed by atoms with Crippen molar-refractivity contribution in [1.82, 2.24) is 0 Å². The van der Waals surface area contributed by atoms with Crippen molar-refractivity contribution in [3.05, 3.63) is 64.7 Å². The van der Waals surface area contributed by atoms with Gasteiger partial charge in [-0.2, -0.15) is 0 Å². The predicted octanol–water partition coefficient (Wildman–Crippen LogP) is 6.69. The summed E-state index contributed by atoms with van der Waals surface area (Å²) in [6, 6.07) is 14.2. The van der Waals surface area contributed by atoms with E-state index in [0.29, 0.717) is 6.42 Å². The number of benzene rings is 2. The molecule has 0 aliphatic heterocycles. The van der Waals surface area contributed by atoms with Gasteiger partial charge >= 0.3 is 5.97 Å². The van der Waals surface area contributed by atoms with Gasteiger partial charge in [0.05, 0.1) is 5.92 Å². The van der Waals surface area contributed by atoms with Crippen LogP contribution >= 0.6 is 0 Å². The number of aryl methyl sites for hydroxylation is 1. The van der Waals surface area contributed by atoms with E-state index in [2.05, 4.69) is 60.6 Å². The van der Waals surface area contributed by atoms with Crippen LogP contribution in [0.25, 0.3) is 0 Å². The van der Waals surface area contributed by atoms with E-state index in [1.165, 1.54) is 5.56 Å². The molecule has 0 bridgehead atoms. The molecule has 0 radical (unpaired) electrons. The van der Waals surface area contributed by atoms with Gasteiger partial charge in [0.2, 0.25) is 0 Å². The van der Waals surface area contributed by atoms with Gasteiger partial charge in [-0.3, -0.25) is 4.79 Å². The second-order valence-corrected chi connectivity index (χ2v) is 9.48. The Morgan fingerprint density at radius 2 is 1.41 bits per heavy atom. The van der Waals surface area contributed by atoms with Gasteiger partial charge in [-0.25, -0.2) is 0 Å². The molecule has 0 amide bonds. The van der Waals surface area contributed by atoms with Gasteiger partial charge in [-0.1, -0.05) is 96.5 Å². The molecule has 0 saturated carbocycles. The lowest BCUT2D eigenvalue weighted by atomic mass is 9.78. The smallest absolute Gasteiger partial charge is 0.318 e. The average molecular weight is 367 g/mol. The highest BCUT2D eigenvalue weighted by atomic mass is 16.5. The number of hydrogen-bond donors (Lipinski definition) is 0. The summed E-state index contributed by atoms with van der Waals surface area (Å²) in [5, 5.41) is 0. The van der Waals surface area contributed by atoms with Gasteiger partial charge in [0, 0.05) is 11.1 Å². The van der Waals surface area contributed by atoms with E-state index < -0.39 is 0 Å². The third-order valence-electron chi connectivity index (χ3n) is 4.95. The van der Waals surface area contributed by atoms with Gasteiger partial charge < -0.3 is 4.74 Å². The third-order valence-corrected chi connectivity index (χ3v) is 4.95. The second kappa shape index (κ2) is 7.88. The van der Waals surface area contributed by atoms with Crippen molar-refractivity contribution in [1.29, 1.82) is 0 Å². The van der Waals surface area contributed by atoms with Crippen LogP contribution in [0, 0.1) is 6.92 Å². The maximum Gasteiger partial charge on any atom is 0.318 e. The highest BCUT2D eigenvalue weighted by Crippen LogP contribution is 2.41. The number of esters is 1. The SMILES string of the molecule is CCC(C(=O)Oc1c(C(C)(C)C)cc(C)cc1C(C)(C)C)c1ccccc1. The molecule has 0 spiro atoms. The molecule has 2 aromatic carbocycles. The van der Waals surface area contributed by atoms with Gasteiger partial charge in [0.25, 0.3) is 0 Å². The van der Waals surface area contributed by atoms with E-state index in [1.807, 2.05) is 37.3 Å². The number of ether oxygens (including phenoxy) is 1. The molecule has 2 rings (SSSR count). The first-order valence-corrected chi connectivity index (χ1v) is 9.87. The summed E-state index contributed by atoms with van der Waals surface area (Å²) >= 11 is 0. The third kappa shape index (κ3) is 5.00. The molecular formula is C25H34O2. The van der Waals surface area contributed by atoms with E-state index in [4.69, 9.17) is 4.74 Å². The summed E-state index contributed by atoms with van der Waals surface area (Å²) < 4.78 is 6.15. The van der Waals surface area contributed by atoms with Crippen LogP contribution in [0.1, 0.15) is 83.1 Å². The fourth-order valence-electron chi connectivity index (χ4n) is 3.39. The number of carbonyl (C=O) groups excluding carboxylic acids is 1. The minimum absolute atomic E-state index is 0.115. The van der Waals surface area contributed by atoms with E-state index in [-0.39, 0.29) is 22.7 Å². The molecule has 1 unspecified atom stereocenters. The van der Waals surface area contributed by atoms with E-state index in [9.17, 15) is 4.79 Å². The van der Waals surface area contributed by atoms with Crippen molar-refractivity contribution in [3.8, 4) is 5.75 Å². The zero-order valence-corrected chi connectivity index (χ0v) is 18.1. The van der Waals surface area contributed by atoms with E-state index >= 15 is 0 Å². The minimum Gasteiger partial charge on any atom is -0.425 e. The number of hydrogen-bond acceptors (Lipinski definition) is 2. The van der Waals surface area contributed by atoms with Crippen LogP contribution in [0.5, 0.6) is 5.75 Å². The monoisotopic (exact) mass is 366 g/mol. The topological polar surface area (TPSA) is 26.3 Å². The van der Waals surface area contributed by atoms with Crippen LogP contribution in [-0.4, -0.2) is 5.97 Å². The van der Waals surface area contributed by atoms with Crippen LogP contribution in [0.15, 0.2) is 42.5 Å². The van der Waals surface area contributed by atoms with Crippen LogP contribution in [0.4, 0.5) is 0 Å². The molecule has 2 heteroatoms. The molecular weight excluding hydrogens is 332 g/mol. The zero-order chi connectivity index (χ0) is 20.4. The first-order valence-electron chi connectivity index (χ1n) is 9.87. The van der Waals surface area contributed by atoms with Gasteiger partial charge in [-0.15, -0.1) is 0 Å². The van der Waals surface area contributed by atoms with Crippen molar-refractivity contribution in [2.24, 2.45) is 0 Å². The van der Waals surface area contributed by atoms with Gasteiger partial charge in [0.15, 0.2) is 0 Å². The number of carbonyl (C=O) groups is 1. The molecule has 0 fully saturated rings. The van der Waals surface area contributed by atoms with Crippen molar-refractivity contribution < 1.29 is 9.53 Å². The first-order chi connectivity index (χ1) is 12.4. The van der Waals surface area contributed by atoms with Crippen LogP contribution in [0.2, 0.25) is 0 Å². The van der Waals surface area contributed by atoms with E-state index in [1.54, 1.807) is 0 Å². The lowest BCUT2D eigenvalue weighted by molar-refractivity contribution is -0.136. The maximum absolute atomic E-state index is 13.2. The molecule has 27 heavy (non-hydrogen) atoms. The first kappa shape index (κ1) is 21.2. The Kier molecular flexibility index (Phi) is 6.19. The highest BCUT2D eigenvalue weighted by Gasteiger charge is 2.30. The summed E-state index contributed by atoms with van der Waals surface area (Å²) in [6.07, 6.45) is 0.713. The summed E-state index contributed by atoms with van der Waals surface area (Å²) in [5.74, 6) is 0.302. The van der Waals surface area contributed by atoms with Crippen molar-refractivity contribution in [2.45, 2.75) is 78.6 Å². The lowest BCUT2D eigenvalue weighted by Gasteiger charge is -2.30. The Hall–Kier alpha value is -2.09. The Bertz CT molecular complexity index is 754. The molecule has 146 valence electrons. The summed E-state index contributed by atoms with van der Waals surface area (Å²) in [7, 11) is 0. The molecule has 0 N–H and O–H groups in total. The van der Waals surface area contributed by atoms with Crippen molar-refractivity contribution in [2.75, 3.05) is 0 Å². The molecule has 0 aliphatic carbocycles. The van der Waals surface area contributed by atoms with Crippen LogP contribution < -0.4 is 4.74 Å². The van der Waals surface area contributed by atoms with Crippen LogP contribution in [-0.2, 0) is 15.6 Å².